The number of ether oxygens (including phenoxy) is 3. The van der Waals surface area contributed by atoms with Crippen molar-refractivity contribution in [2.75, 3.05) is 25.3 Å². The second-order valence-corrected chi connectivity index (χ2v) is 6.05. The van der Waals surface area contributed by atoms with E-state index in [-0.39, 0.29) is 25.2 Å². The van der Waals surface area contributed by atoms with Crippen LogP contribution in [0.5, 0.6) is 17.2 Å². The number of carbonyl (C=O) groups excluding carboxylic acids is 2. The lowest BCUT2D eigenvalue weighted by Gasteiger charge is -2.23. The Hall–Kier alpha value is -3.22. The van der Waals surface area contributed by atoms with Crippen molar-refractivity contribution in [1.29, 1.82) is 0 Å². The summed E-state index contributed by atoms with van der Waals surface area (Å²) in [5.41, 5.74) is 1.97. The highest BCUT2D eigenvalue weighted by molar-refractivity contribution is 5.99. The van der Waals surface area contributed by atoms with Crippen LogP contribution in [0.1, 0.15) is 22.8 Å². The number of nitrogens with zero attached hydrogens (tertiary/aromatic N) is 1. The Kier molecular flexibility index (Phi) is 4.12. The van der Waals surface area contributed by atoms with E-state index in [1.165, 1.54) is 0 Å². The zero-order valence-corrected chi connectivity index (χ0v) is 14.3. The Morgan fingerprint density at radius 3 is 2.73 bits per heavy atom. The summed E-state index contributed by atoms with van der Waals surface area (Å²) in [7, 11) is 0. The van der Waals surface area contributed by atoms with Crippen LogP contribution in [0.4, 0.5) is 5.69 Å². The van der Waals surface area contributed by atoms with Crippen molar-refractivity contribution in [2.24, 2.45) is 0 Å². The quantitative estimate of drug-likeness (QED) is 0.912. The molecule has 2 heterocycles. The molecule has 0 aliphatic carbocycles. The minimum absolute atomic E-state index is 0.00844. The molecule has 2 aromatic rings. The molecule has 0 bridgehead atoms. The van der Waals surface area contributed by atoms with Gasteiger partial charge in [0.05, 0.1) is 5.69 Å². The van der Waals surface area contributed by atoms with Crippen LogP contribution in [0.2, 0.25) is 0 Å². The van der Waals surface area contributed by atoms with E-state index in [1.54, 1.807) is 23.1 Å². The van der Waals surface area contributed by atoms with E-state index < -0.39 is 0 Å². The van der Waals surface area contributed by atoms with Gasteiger partial charge in [-0.05, 0) is 42.8 Å². The third kappa shape index (κ3) is 3.03. The van der Waals surface area contributed by atoms with Gasteiger partial charge in [-0.25, -0.2) is 0 Å². The molecule has 7 nitrogen and oxygen atoms in total. The number of nitrogens with one attached hydrogen (secondary N) is 1. The van der Waals surface area contributed by atoms with Crippen LogP contribution >= 0.6 is 0 Å². The number of carbonyl (C=O) groups is 2. The molecular weight excluding hydrogens is 336 g/mol. The Labute approximate surface area is 150 Å². The predicted octanol–water partition coefficient (Wildman–Crippen LogP) is 2.41. The van der Waals surface area contributed by atoms with Gasteiger partial charge < -0.3 is 24.4 Å². The van der Waals surface area contributed by atoms with Crippen LogP contribution in [-0.2, 0) is 11.3 Å². The first-order valence-electron chi connectivity index (χ1n) is 8.38. The van der Waals surface area contributed by atoms with Crippen LogP contribution in [0.15, 0.2) is 36.4 Å². The van der Waals surface area contributed by atoms with E-state index in [0.29, 0.717) is 41.6 Å². The molecule has 26 heavy (non-hydrogen) atoms. The van der Waals surface area contributed by atoms with E-state index in [4.69, 9.17) is 14.2 Å². The van der Waals surface area contributed by atoms with E-state index in [0.717, 1.165) is 5.56 Å². The van der Waals surface area contributed by atoms with Crippen LogP contribution < -0.4 is 19.5 Å². The fourth-order valence-corrected chi connectivity index (χ4v) is 2.99. The first kappa shape index (κ1) is 16.3. The van der Waals surface area contributed by atoms with Gasteiger partial charge in [-0.15, -0.1) is 0 Å². The fourth-order valence-electron chi connectivity index (χ4n) is 2.99. The monoisotopic (exact) mass is 354 g/mol. The van der Waals surface area contributed by atoms with Crippen molar-refractivity contribution in [2.45, 2.75) is 13.5 Å². The molecule has 0 spiro atoms. The van der Waals surface area contributed by atoms with Gasteiger partial charge in [0.2, 0.25) is 6.79 Å². The summed E-state index contributed by atoms with van der Waals surface area (Å²) in [5, 5.41) is 2.72. The van der Waals surface area contributed by atoms with E-state index in [2.05, 4.69) is 5.32 Å². The minimum atomic E-state index is -0.227. The highest BCUT2D eigenvalue weighted by Gasteiger charge is 2.21. The lowest BCUT2D eigenvalue weighted by atomic mass is 10.1. The smallest absolute Gasteiger partial charge is 0.262 e. The molecule has 2 amide bonds. The molecule has 0 radical (unpaired) electrons. The zero-order chi connectivity index (χ0) is 18.1. The third-order valence-corrected chi connectivity index (χ3v) is 4.34. The first-order valence-corrected chi connectivity index (χ1v) is 8.38. The maximum atomic E-state index is 12.9. The molecule has 2 aliphatic rings. The van der Waals surface area contributed by atoms with E-state index in [1.807, 2.05) is 25.1 Å². The van der Waals surface area contributed by atoms with Crippen LogP contribution in [0.3, 0.4) is 0 Å². The number of rotatable bonds is 4. The molecule has 0 aromatic heterocycles. The highest BCUT2D eigenvalue weighted by atomic mass is 16.7. The van der Waals surface area contributed by atoms with Gasteiger partial charge in [0, 0.05) is 18.7 Å². The van der Waals surface area contributed by atoms with Crippen molar-refractivity contribution < 1.29 is 23.8 Å². The van der Waals surface area contributed by atoms with Crippen molar-refractivity contribution >= 4 is 17.5 Å². The van der Waals surface area contributed by atoms with Crippen molar-refractivity contribution in [3.05, 3.63) is 47.5 Å². The van der Waals surface area contributed by atoms with Crippen LogP contribution in [0.25, 0.3) is 0 Å². The molecule has 0 atom stereocenters. The average molecular weight is 354 g/mol. The van der Waals surface area contributed by atoms with Gasteiger partial charge in [-0.3, -0.25) is 9.59 Å². The predicted molar refractivity (Wildman–Crippen MR) is 93.5 cm³/mol. The maximum absolute atomic E-state index is 12.9. The van der Waals surface area contributed by atoms with Crippen LogP contribution in [-0.4, -0.2) is 36.7 Å². The SMILES string of the molecule is CCN(Cc1ccc2c(c1)OCO2)C(=O)c1ccc2c(c1)NC(=O)CO2. The zero-order valence-electron chi connectivity index (χ0n) is 14.3. The van der Waals surface area contributed by atoms with Gasteiger partial charge in [0.1, 0.15) is 5.75 Å². The topological polar surface area (TPSA) is 77.1 Å². The van der Waals surface area contributed by atoms with Crippen molar-refractivity contribution in [3.63, 3.8) is 0 Å². The number of benzene rings is 2. The maximum Gasteiger partial charge on any atom is 0.262 e. The Balaban J connectivity index is 1.54. The molecule has 2 aromatic carbocycles. The first-order chi connectivity index (χ1) is 12.6. The van der Waals surface area contributed by atoms with Crippen molar-refractivity contribution in [3.8, 4) is 17.2 Å². The Bertz CT molecular complexity index is 880. The number of hydrogen-bond donors (Lipinski definition) is 1. The standard InChI is InChI=1S/C19H18N2O5/c1-2-21(9-12-3-5-16-17(7-12)26-11-25-16)19(23)13-4-6-15-14(8-13)20-18(22)10-24-15/h3-8H,2,9-11H2,1H3,(H,20,22). The highest BCUT2D eigenvalue weighted by Crippen LogP contribution is 2.33. The Morgan fingerprint density at radius 1 is 1.08 bits per heavy atom. The Morgan fingerprint density at radius 2 is 1.88 bits per heavy atom. The average Bonchev–Trinajstić information content (AvgIpc) is 3.12. The van der Waals surface area contributed by atoms with Gasteiger partial charge in [0.15, 0.2) is 18.1 Å². The number of amides is 2. The molecule has 0 unspecified atom stereocenters. The normalized spacial score (nSPS) is 14.3. The molecule has 0 saturated carbocycles. The summed E-state index contributed by atoms with van der Waals surface area (Å²) in [6, 6.07) is 10.7. The lowest BCUT2D eigenvalue weighted by Crippen LogP contribution is -2.31. The summed E-state index contributed by atoms with van der Waals surface area (Å²) >= 11 is 0. The van der Waals surface area contributed by atoms with E-state index >= 15 is 0 Å². The summed E-state index contributed by atoms with van der Waals surface area (Å²) in [5.74, 6) is 1.63. The summed E-state index contributed by atoms with van der Waals surface area (Å²) in [6.07, 6.45) is 0. The van der Waals surface area contributed by atoms with Crippen LogP contribution in [0, 0.1) is 0 Å². The fraction of sp³-hybridized carbons (Fsp3) is 0.263. The van der Waals surface area contributed by atoms with Gasteiger partial charge in [-0.2, -0.15) is 0 Å². The summed E-state index contributed by atoms with van der Waals surface area (Å²) < 4.78 is 16.0. The second kappa shape index (κ2) is 6.59. The molecule has 4 rings (SSSR count). The molecular formula is C19H18N2O5. The molecule has 0 fully saturated rings. The number of fused-ring (bicyclic) bond motifs is 2. The minimum Gasteiger partial charge on any atom is -0.482 e. The van der Waals surface area contributed by atoms with Crippen molar-refractivity contribution in [1.82, 2.24) is 4.90 Å². The third-order valence-electron chi connectivity index (χ3n) is 4.34. The largest absolute Gasteiger partial charge is 0.482 e. The second-order valence-electron chi connectivity index (χ2n) is 6.05. The molecule has 2 aliphatic heterocycles. The van der Waals surface area contributed by atoms with E-state index in [9.17, 15) is 9.59 Å². The number of anilines is 1. The summed E-state index contributed by atoms with van der Waals surface area (Å²) in [6.45, 7) is 3.14. The molecule has 1 N–H and O–H groups in total. The number of hydrogen-bond acceptors (Lipinski definition) is 5. The lowest BCUT2D eigenvalue weighted by molar-refractivity contribution is -0.118. The molecule has 0 saturated heterocycles. The summed E-state index contributed by atoms with van der Waals surface area (Å²) in [4.78, 5) is 26.1. The van der Waals surface area contributed by atoms with Gasteiger partial charge in [-0.1, -0.05) is 6.07 Å². The molecule has 134 valence electrons. The van der Waals surface area contributed by atoms with Gasteiger partial charge in [0.25, 0.3) is 11.8 Å². The van der Waals surface area contributed by atoms with Gasteiger partial charge >= 0.3 is 0 Å². The molecule has 7 heteroatoms.